The smallest absolute Gasteiger partial charge is 0.106 e. The third kappa shape index (κ3) is 1.96. The summed E-state index contributed by atoms with van der Waals surface area (Å²) < 4.78 is 11.7. The van der Waals surface area contributed by atoms with E-state index in [-0.39, 0.29) is 6.10 Å². The molecule has 4 unspecified atom stereocenters. The van der Waals surface area contributed by atoms with E-state index in [1.54, 1.807) is 0 Å². The van der Waals surface area contributed by atoms with Crippen LogP contribution in [-0.2, 0) is 9.47 Å². The fourth-order valence-corrected chi connectivity index (χ4v) is 3.47. The summed E-state index contributed by atoms with van der Waals surface area (Å²) in [4.78, 5) is 0. The van der Waals surface area contributed by atoms with Gasteiger partial charge in [0.1, 0.15) is 6.10 Å². The molecule has 2 heterocycles. The molecule has 0 spiro atoms. The standard InChI is InChI=1S/C18H18O2/c1-2-6-14-11-20-18(9-13(14)5-1)17-12-19-10-15-7-3-4-8-16(15)17/h1-8,10-11,13,16-18H,9,12H2. The Morgan fingerprint density at radius 1 is 0.900 bits per heavy atom. The molecule has 0 amide bonds. The van der Waals surface area contributed by atoms with Crippen LogP contribution in [0, 0.1) is 17.8 Å². The lowest BCUT2D eigenvalue weighted by atomic mass is 9.75. The summed E-state index contributed by atoms with van der Waals surface area (Å²) in [5, 5.41) is 0. The van der Waals surface area contributed by atoms with Crippen LogP contribution in [0.1, 0.15) is 6.42 Å². The lowest BCUT2D eigenvalue weighted by Gasteiger charge is -2.39. The Morgan fingerprint density at radius 2 is 1.75 bits per heavy atom. The van der Waals surface area contributed by atoms with E-state index in [0.717, 1.165) is 13.0 Å². The Morgan fingerprint density at radius 3 is 2.70 bits per heavy atom. The van der Waals surface area contributed by atoms with Gasteiger partial charge in [0, 0.05) is 17.8 Å². The van der Waals surface area contributed by atoms with Gasteiger partial charge in [-0.3, -0.25) is 0 Å². The second-order valence-corrected chi connectivity index (χ2v) is 5.76. The average molecular weight is 266 g/mol. The van der Waals surface area contributed by atoms with E-state index < -0.39 is 0 Å². The molecule has 4 rings (SSSR count). The summed E-state index contributed by atoms with van der Waals surface area (Å²) in [5.41, 5.74) is 2.55. The number of hydrogen-bond donors (Lipinski definition) is 0. The molecule has 0 saturated carbocycles. The van der Waals surface area contributed by atoms with Crippen molar-refractivity contribution < 1.29 is 9.47 Å². The van der Waals surface area contributed by atoms with Crippen LogP contribution in [0.3, 0.4) is 0 Å². The largest absolute Gasteiger partial charge is 0.500 e. The molecular formula is C18H18O2. The Kier molecular flexibility index (Phi) is 2.87. The highest BCUT2D eigenvalue weighted by atomic mass is 16.5. The molecule has 0 saturated heterocycles. The molecule has 2 aliphatic heterocycles. The normalized spacial score (nSPS) is 37.2. The Labute approximate surface area is 119 Å². The fraction of sp³-hybridized carbons (Fsp3) is 0.333. The number of ether oxygens (including phenoxy) is 2. The van der Waals surface area contributed by atoms with Crippen molar-refractivity contribution in [1.82, 2.24) is 0 Å². The lowest BCUT2D eigenvalue weighted by molar-refractivity contribution is 0.00394. The van der Waals surface area contributed by atoms with Crippen LogP contribution in [0.15, 0.2) is 72.3 Å². The maximum absolute atomic E-state index is 6.02. The molecule has 2 nitrogen and oxygen atoms in total. The number of allylic oxidation sites excluding steroid dienone is 10. The molecular weight excluding hydrogens is 248 g/mol. The van der Waals surface area contributed by atoms with E-state index in [9.17, 15) is 0 Å². The minimum absolute atomic E-state index is 0.227. The first-order valence-electron chi connectivity index (χ1n) is 7.29. The van der Waals surface area contributed by atoms with Gasteiger partial charge in [-0.25, -0.2) is 0 Å². The Balaban J connectivity index is 1.57. The van der Waals surface area contributed by atoms with Crippen LogP contribution in [0.5, 0.6) is 0 Å². The van der Waals surface area contributed by atoms with Crippen molar-refractivity contribution >= 4 is 0 Å². The molecule has 102 valence electrons. The molecule has 2 aliphatic carbocycles. The summed E-state index contributed by atoms with van der Waals surface area (Å²) in [7, 11) is 0. The van der Waals surface area contributed by atoms with Crippen molar-refractivity contribution in [2.45, 2.75) is 12.5 Å². The van der Waals surface area contributed by atoms with Gasteiger partial charge in [0.25, 0.3) is 0 Å². The van der Waals surface area contributed by atoms with E-state index in [0.29, 0.717) is 17.8 Å². The van der Waals surface area contributed by atoms with E-state index in [1.165, 1.54) is 11.1 Å². The van der Waals surface area contributed by atoms with E-state index in [1.807, 2.05) is 12.5 Å². The van der Waals surface area contributed by atoms with Crippen molar-refractivity contribution in [3.63, 3.8) is 0 Å². The molecule has 0 N–H and O–H groups in total. The van der Waals surface area contributed by atoms with E-state index >= 15 is 0 Å². The molecule has 4 aliphatic rings. The molecule has 0 bridgehead atoms. The van der Waals surface area contributed by atoms with Gasteiger partial charge in [-0.1, -0.05) is 48.6 Å². The minimum atomic E-state index is 0.227. The summed E-state index contributed by atoms with van der Waals surface area (Å²) in [6.45, 7) is 0.743. The van der Waals surface area contributed by atoms with Gasteiger partial charge in [-0.15, -0.1) is 0 Å². The topological polar surface area (TPSA) is 18.5 Å². The Hall–Kier alpha value is -1.96. The van der Waals surface area contributed by atoms with Crippen molar-refractivity contribution in [3.8, 4) is 0 Å². The second-order valence-electron chi connectivity index (χ2n) is 5.76. The number of hydrogen-bond acceptors (Lipinski definition) is 2. The average Bonchev–Trinajstić information content (AvgIpc) is 2.54. The first-order chi connectivity index (χ1) is 9.92. The first-order valence-corrected chi connectivity index (χ1v) is 7.29. The first kappa shape index (κ1) is 11.8. The van der Waals surface area contributed by atoms with Gasteiger partial charge in [-0.05, 0) is 17.6 Å². The van der Waals surface area contributed by atoms with Gasteiger partial charge in [0.05, 0.1) is 19.1 Å². The lowest BCUT2D eigenvalue weighted by Crippen LogP contribution is -2.38. The van der Waals surface area contributed by atoms with Gasteiger partial charge in [0.2, 0.25) is 0 Å². The zero-order valence-electron chi connectivity index (χ0n) is 11.3. The highest BCUT2D eigenvalue weighted by molar-refractivity contribution is 5.36. The molecule has 0 radical (unpaired) electrons. The van der Waals surface area contributed by atoms with Crippen molar-refractivity contribution in [2.75, 3.05) is 6.61 Å². The third-order valence-electron chi connectivity index (χ3n) is 4.59. The predicted octanol–water partition coefficient (Wildman–Crippen LogP) is 3.67. The number of fused-ring (bicyclic) bond motifs is 2. The van der Waals surface area contributed by atoms with E-state index in [4.69, 9.17) is 9.47 Å². The molecule has 0 fully saturated rings. The molecule has 20 heavy (non-hydrogen) atoms. The maximum Gasteiger partial charge on any atom is 0.106 e. The molecule has 2 heteroatoms. The monoisotopic (exact) mass is 266 g/mol. The van der Waals surface area contributed by atoms with Crippen LogP contribution >= 0.6 is 0 Å². The predicted molar refractivity (Wildman–Crippen MR) is 78.6 cm³/mol. The highest BCUT2D eigenvalue weighted by Crippen LogP contribution is 2.39. The second kappa shape index (κ2) is 4.86. The molecule has 4 atom stereocenters. The summed E-state index contributed by atoms with van der Waals surface area (Å²) in [6.07, 6.45) is 22.4. The zero-order valence-corrected chi connectivity index (χ0v) is 11.3. The van der Waals surface area contributed by atoms with Crippen LogP contribution in [0.4, 0.5) is 0 Å². The van der Waals surface area contributed by atoms with Crippen molar-refractivity contribution in [1.29, 1.82) is 0 Å². The van der Waals surface area contributed by atoms with Crippen LogP contribution in [0.2, 0.25) is 0 Å². The van der Waals surface area contributed by atoms with Crippen molar-refractivity contribution in [2.24, 2.45) is 17.8 Å². The summed E-state index contributed by atoms with van der Waals surface area (Å²) in [6, 6.07) is 0. The zero-order chi connectivity index (χ0) is 13.4. The third-order valence-corrected chi connectivity index (χ3v) is 4.59. The van der Waals surface area contributed by atoms with Crippen molar-refractivity contribution in [3.05, 3.63) is 72.3 Å². The SMILES string of the molecule is C1=CC2=COC(C3COC=C4C=CC=CC43)CC2C=C1. The molecule has 0 aromatic carbocycles. The summed E-state index contributed by atoms with van der Waals surface area (Å²) >= 11 is 0. The maximum atomic E-state index is 6.02. The van der Waals surface area contributed by atoms with Crippen LogP contribution in [-0.4, -0.2) is 12.7 Å². The van der Waals surface area contributed by atoms with Gasteiger partial charge in [-0.2, -0.15) is 0 Å². The van der Waals surface area contributed by atoms with Gasteiger partial charge >= 0.3 is 0 Å². The quantitative estimate of drug-likeness (QED) is 0.721. The summed E-state index contributed by atoms with van der Waals surface area (Å²) in [5.74, 6) is 1.32. The highest BCUT2D eigenvalue weighted by Gasteiger charge is 2.37. The van der Waals surface area contributed by atoms with Gasteiger partial charge in [0.15, 0.2) is 0 Å². The van der Waals surface area contributed by atoms with E-state index in [2.05, 4.69) is 48.6 Å². The fourth-order valence-electron chi connectivity index (χ4n) is 3.47. The van der Waals surface area contributed by atoms with Crippen LogP contribution in [0.25, 0.3) is 0 Å². The Bertz CT molecular complexity index is 574. The van der Waals surface area contributed by atoms with Crippen LogP contribution < -0.4 is 0 Å². The molecule has 0 aromatic rings. The van der Waals surface area contributed by atoms with Gasteiger partial charge < -0.3 is 9.47 Å². The molecule has 0 aromatic heterocycles. The minimum Gasteiger partial charge on any atom is -0.500 e. The number of rotatable bonds is 1.